The van der Waals surface area contributed by atoms with Gasteiger partial charge in [-0.2, -0.15) is 0 Å². The number of hydrogen-bond donors (Lipinski definition) is 1. The van der Waals surface area contributed by atoms with Crippen LogP contribution in [0, 0.1) is 5.82 Å². The van der Waals surface area contributed by atoms with Crippen molar-refractivity contribution in [3.05, 3.63) is 34.6 Å². The van der Waals surface area contributed by atoms with Crippen molar-refractivity contribution in [1.82, 2.24) is 5.32 Å². The molecule has 0 heterocycles. The topological polar surface area (TPSA) is 12.0 Å². The smallest absolute Gasteiger partial charge is 0.127 e. The molecule has 1 nitrogen and oxygen atoms in total. The van der Waals surface area contributed by atoms with E-state index < -0.39 is 0 Å². The standard InChI is InChI=1S/C13H19ClFN/c1-13(2,3)16-9-5-6-10-11(14)7-4-8-12(10)15/h4,7-8,16H,5-6,9H2,1-3H3. The first kappa shape index (κ1) is 13.5. The lowest BCUT2D eigenvalue weighted by molar-refractivity contribution is 0.421. The Morgan fingerprint density at radius 3 is 2.56 bits per heavy atom. The quantitative estimate of drug-likeness (QED) is 0.794. The van der Waals surface area contributed by atoms with Gasteiger partial charge in [0.2, 0.25) is 0 Å². The third-order valence-corrected chi connectivity index (χ3v) is 2.67. The van der Waals surface area contributed by atoms with Crippen molar-refractivity contribution in [1.29, 1.82) is 0 Å². The molecular weight excluding hydrogens is 225 g/mol. The second kappa shape index (κ2) is 5.65. The van der Waals surface area contributed by atoms with E-state index in [-0.39, 0.29) is 11.4 Å². The highest BCUT2D eigenvalue weighted by Crippen LogP contribution is 2.20. The summed E-state index contributed by atoms with van der Waals surface area (Å²) in [6.45, 7) is 7.21. The first-order valence-electron chi connectivity index (χ1n) is 5.58. The molecule has 0 aliphatic rings. The summed E-state index contributed by atoms with van der Waals surface area (Å²) in [7, 11) is 0. The maximum absolute atomic E-state index is 13.4. The van der Waals surface area contributed by atoms with Crippen molar-refractivity contribution < 1.29 is 4.39 Å². The summed E-state index contributed by atoms with van der Waals surface area (Å²) in [4.78, 5) is 0. The minimum absolute atomic E-state index is 0.110. The van der Waals surface area contributed by atoms with Gasteiger partial charge >= 0.3 is 0 Å². The summed E-state index contributed by atoms with van der Waals surface area (Å²) < 4.78 is 13.4. The zero-order valence-electron chi connectivity index (χ0n) is 10.1. The Labute approximate surface area is 102 Å². The van der Waals surface area contributed by atoms with E-state index in [2.05, 4.69) is 26.1 Å². The minimum atomic E-state index is -0.205. The summed E-state index contributed by atoms with van der Waals surface area (Å²) in [6, 6.07) is 4.82. The molecule has 0 bridgehead atoms. The predicted molar refractivity (Wildman–Crippen MR) is 67.5 cm³/mol. The number of hydrogen-bond acceptors (Lipinski definition) is 1. The number of benzene rings is 1. The molecule has 1 N–H and O–H groups in total. The fourth-order valence-corrected chi connectivity index (χ4v) is 1.76. The average Bonchev–Trinajstić information content (AvgIpc) is 2.14. The Bertz CT molecular complexity index is 324. The molecule has 0 atom stereocenters. The van der Waals surface area contributed by atoms with Crippen molar-refractivity contribution in [3.8, 4) is 0 Å². The zero-order chi connectivity index (χ0) is 12.2. The third kappa shape index (κ3) is 4.50. The summed E-state index contributed by atoms with van der Waals surface area (Å²) >= 11 is 5.94. The Kier molecular flexibility index (Phi) is 4.75. The molecule has 0 saturated carbocycles. The Hall–Kier alpha value is -0.600. The maximum Gasteiger partial charge on any atom is 0.127 e. The van der Waals surface area contributed by atoms with Crippen molar-refractivity contribution >= 4 is 11.6 Å². The molecule has 0 saturated heterocycles. The predicted octanol–water partition coefficient (Wildman–Crippen LogP) is 3.80. The Morgan fingerprint density at radius 2 is 2.00 bits per heavy atom. The van der Waals surface area contributed by atoms with Crippen molar-refractivity contribution in [2.75, 3.05) is 6.54 Å². The molecule has 0 fully saturated rings. The lowest BCUT2D eigenvalue weighted by Crippen LogP contribution is -2.36. The lowest BCUT2D eigenvalue weighted by atomic mass is 10.1. The molecule has 16 heavy (non-hydrogen) atoms. The van der Waals surface area contributed by atoms with Crippen LogP contribution in [0.1, 0.15) is 32.8 Å². The molecule has 0 radical (unpaired) electrons. The van der Waals surface area contributed by atoms with Crippen LogP contribution in [0.5, 0.6) is 0 Å². The molecule has 0 aliphatic carbocycles. The van der Waals surface area contributed by atoms with E-state index in [0.717, 1.165) is 13.0 Å². The van der Waals surface area contributed by atoms with Crippen molar-refractivity contribution in [2.45, 2.75) is 39.2 Å². The van der Waals surface area contributed by atoms with Crippen molar-refractivity contribution in [2.24, 2.45) is 0 Å². The van der Waals surface area contributed by atoms with Gasteiger partial charge in [0.25, 0.3) is 0 Å². The largest absolute Gasteiger partial charge is 0.312 e. The molecule has 90 valence electrons. The van der Waals surface area contributed by atoms with Gasteiger partial charge in [0.1, 0.15) is 5.82 Å². The van der Waals surface area contributed by atoms with Gasteiger partial charge in [0.05, 0.1) is 0 Å². The number of halogens is 2. The van der Waals surface area contributed by atoms with Crippen LogP contribution in [-0.2, 0) is 6.42 Å². The van der Waals surface area contributed by atoms with Crippen LogP contribution < -0.4 is 5.32 Å². The van der Waals surface area contributed by atoms with Crippen LogP contribution in [0.25, 0.3) is 0 Å². The molecule has 1 aromatic rings. The molecular formula is C13H19ClFN. The van der Waals surface area contributed by atoms with Gasteiger partial charge < -0.3 is 5.32 Å². The van der Waals surface area contributed by atoms with E-state index in [1.165, 1.54) is 6.07 Å². The average molecular weight is 244 g/mol. The van der Waals surface area contributed by atoms with Crippen LogP contribution in [0.3, 0.4) is 0 Å². The highest BCUT2D eigenvalue weighted by atomic mass is 35.5. The summed E-state index contributed by atoms with van der Waals surface area (Å²) in [6.07, 6.45) is 1.56. The van der Waals surface area contributed by atoms with Gasteiger partial charge in [0.15, 0.2) is 0 Å². The van der Waals surface area contributed by atoms with Crippen LogP contribution in [-0.4, -0.2) is 12.1 Å². The molecule has 0 aromatic heterocycles. The molecule has 0 unspecified atom stereocenters. The molecule has 0 amide bonds. The fraction of sp³-hybridized carbons (Fsp3) is 0.538. The molecule has 1 rings (SSSR count). The molecule has 0 aliphatic heterocycles. The molecule has 0 spiro atoms. The second-order valence-corrected chi connectivity index (χ2v) is 5.39. The highest BCUT2D eigenvalue weighted by Gasteiger charge is 2.09. The van der Waals surface area contributed by atoms with Gasteiger partial charge in [-0.3, -0.25) is 0 Å². The molecule has 3 heteroatoms. The second-order valence-electron chi connectivity index (χ2n) is 4.98. The Morgan fingerprint density at radius 1 is 1.31 bits per heavy atom. The third-order valence-electron chi connectivity index (χ3n) is 2.32. The van der Waals surface area contributed by atoms with E-state index in [4.69, 9.17) is 11.6 Å². The summed E-state index contributed by atoms with van der Waals surface area (Å²) in [5.74, 6) is -0.205. The van der Waals surface area contributed by atoms with Gasteiger partial charge in [-0.25, -0.2) is 4.39 Å². The maximum atomic E-state index is 13.4. The van der Waals surface area contributed by atoms with E-state index in [1.54, 1.807) is 12.1 Å². The Balaban J connectivity index is 2.43. The van der Waals surface area contributed by atoms with E-state index >= 15 is 0 Å². The zero-order valence-corrected chi connectivity index (χ0v) is 10.9. The van der Waals surface area contributed by atoms with Crippen LogP contribution in [0.4, 0.5) is 4.39 Å². The van der Waals surface area contributed by atoms with Gasteiger partial charge in [-0.1, -0.05) is 17.7 Å². The van der Waals surface area contributed by atoms with Gasteiger partial charge in [-0.15, -0.1) is 0 Å². The number of nitrogens with one attached hydrogen (secondary N) is 1. The van der Waals surface area contributed by atoms with Gasteiger partial charge in [0, 0.05) is 16.1 Å². The van der Waals surface area contributed by atoms with E-state index in [0.29, 0.717) is 17.0 Å². The van der Waals surface area contributed by atoms with Crippen LogP contribution in [0.15, 0.2) is 18.2 Å². The van der Waals surface area contributed by atoms with E-state index in [9.17, 15) is 4.39 Å². The van der Waals surface area contributed by atoms with Gasteiger partial charge in [-0.05, 0) is 52.3 Å². The lowest BCUT2D eigenvalue weighted by Gasteiger charge is -2.20. The summed E-state index contributed by atoms with van der Waals surface area (Å²) in [5.41, 5.74) is 0.735. The highest BCUT2D eigenvalue weighted by molar-refractivity contribution is 6.31. The fourth-order valence-electron chi connectivity index (χ4n) is 1.50. The monoisotopic (exact) mass is 243 g/mol. The first-order chi connectivity index (χ1) is 7.40. The van der Waals surface area contributed by atoms with E-state index in [1.807, 2.05) is 0 Å². The minimum Gasteiger partial charge on any atom is -0.312 e. The summed E-state index contributed by atoms with van der Waals surface area (Å²) in [5, 5.41) is 3.89. The normalized spacial score (nSPS) is 11.8. The van der Waals surface area contributed by atoms with Crippen LogP contribution in [0.2, 0.25) is 5.02 Å². The SMILES string of the molecule is CC(C)(C)NCCCc1c(F)cccc1Cl. The van der Waals surface area contributed by atoms with Crippen molar-refractivity contribution in [3.63, 3.8) is 0 Å². The number of rotatable bonds is 4. The molecule has 1 aromatic carbocycles. The van der Waals surface area contributed by atoms with Crippen LogP contribution >= 0.6 is 11.6 Å². The first-order valence-corrected chi connectivity index (χ1v) is 5.96.